The van der Waals surface area contributed by atoms with Crippen molar-refractivity contribution in [2.75, 3.05) is 13.2 Å². The van der Waals surface area contributed by atoms with E-state index in [1.807, 2.05) is 67.6 Å². The number of ether oxygens (including phenoxy) is 2. The van der Waals surface area contributed by atoms with E-state index >= 15 is 0 Å². The molecule has 3 heterocycles. The van der Waals surface area contributed by atoms with E-state index < -0.39 is 5.60 Å². The minimum atomic E-state index is -1.02. The number of rotatable bonds is 3. The molecule has 2 atom stereocenters. The van der Waals surface area contributed by atoms with Gasteiger partial charge in [-0.3, -0.25) is 9.88 Å². The van der Waals surface area contributed by atoms with E-state index in [-0.39, 0.29) is 24.8 Å². The van der Waals surface area contributed by atoms with Crippen LogP contribution >= 0.6 is 0 Å². The fraction of sp³-hybridized carbons (Fsp3) is 0.360. The number of aryl methyl sites for hydroxylation is 1. The minimum Gasteiger partial charge on any atom is -0.445 e. The van der Waals surface area contributed by atoms with Crippen molar-refractivity contribution in [3.05, 3.63) is 77.5 Å². The van der Waals surface area contributed by atoms with Crippen LogP contribution in [0.1, 0.15) is 29.7 Å². The normalized spacial score (nSPS) is 25.4. The third kappa shape index (κ3) is 3.89. The van der Waals surface area contributed by atoms with E-state index in [1.165, 1.54) is 0 Å². The van der Waals surface area contributed by atoms with Crippen molar-refractivity contribution in [1.29, 1.82) is 0 Å². The predicted octanol–water partition coefficient (Wildman–Crippen LogP) is 3.93. The summed E-state index contributed by atoms with van der Waals surface area (Å²) >= 11 is 0. The maximum absolute atomic E-state index is 12.9. The second-order valence-corrected chi connectivity index (χ2v) is 8.59. The molecule has 3 aromatic rings. The van der Waals surface area contributed by atoms with Gasteiger partial charge in [0.25, 0.3) is 0 Å². The maximum Gasteiger partial charge on any atom is 0.410 e. The molecule has 6 nitrogen and oxygen atoms in total. The summed E-state index contributed by atoms with van der Waals surface area (Å²) in [6.07, 6.45) is 0.478. The molecular formula is C25H26N2O4. The van der Waals surface area contributed by atoms with E-state index in [0.29, 0.717) is 26.1 Å². The Morgan fingerprint density at radius 2 is 1.87 bits per heavy atom. The largest absolute Gasteiger partial charge is 0.445 e. The molecule has 0 saturated carbocycles. The van der Waals surface area contributed by atoms with Crippen molar-refractivity contribution < 1.29 is 19.4 Å². The van der Waals surface area contributed by atoms with Crippen LogP contribution in [-0.4, -0.2) is 46.4 Å². The number of carbonyl (C=O) groups excluding carboxylic acids is 1. The molecule has 5 rings (SSSR count). The molecule has 0 radical (unpaired) electrons. The number of benzene rings is 2. The zero-order valence-corrected chi connectivity index (χ0v) is 17.5. The van der Waals surface area contributed by atoms with Gasteiger partial charge in [0, 0.05) is 23.9 Å². The van der Waals surface area contributed by atoms with E-state index in [9.17, 15) is 9.90 Å². The Morgan fingerprint density at radius 1 is 1.13 bits per heavy atom. The van der Waals surface area contributed by atoms with Crippen LogP contribution in [0.5, 0.6) is 0 Å². The predicted molar refractivity (Wildman–Crippen MR) is 116 cm³/mol. The van der Waals surface area contributed by atoms with Crippen LogP contribution in [-0.2, 0) is 21.7 Å². The monoisotopic (exact) mass is 418 g/mol. The fourth-order valence-electron chi connectivity index (χ4n) is 4.82. The number of hydrogen-bond acceptors (Lipinski definition) is 5. The topological polar surface area (TPSA) is 71.9 Å². The lowest BCUT2D eigenvalue weighted by Crippen LogP contribution is -2.62. The molecule has 160 valence electrons. The maximum atomic E-state index is 12.9. The van der Waals surface area contributed by atoms with E-state index in [1.54, 1.807) is 4.90 Å². The number of morpholine rings is 1. The van der Waals surface area contributed by atoms with Gasteiger partial charge in [0.2, 0.25) is 0 Å². The third-order valence-electron chi connectivity index (χ3n) is 6.34. The van der Waals surface area contributed by atoms with Gasteiger partial charge in [-0.15, -0.1) is 0 Å². The molecule has 1 N–H and O–H groups in total. The SMILES string of the molecule is Cc1ccc2cc(C3(O)CC4COCC(C3)N4C(=O)OCc3ccccc3)ccc2n1. The molecule has 2 aromatic carbocycles. The summed E-state index contributed by atoms with van der Waals surface area (Å²) in [5.41, 5.74) is 2.67. The van der Waals surface area contributed by atoms with Crippen LogP contribution in [0.25, 0.3) is 10.9 Å². The van der Waals surface area contributed by atoms with Crippen LogP contribution in [0.15, 0.2) is 60.7 Å². The van der Waals surface area contributed by atoms with Gasteiger partial charge in [0.05, 0.1) is 36.4 Å². The highest BCUT2D eigenvalue weighted by Crippen LogP contribution is 2.42. The summed E-state index contributed by atoms with van der Waals surface area (Å²) in [5.74, 6) is 0. The lowest BCUT2D eigenvalue weighted by Gasteiger charge is -2.51. The van der Waals surface area contributed by atoms with Gasteiger partial charge in [-0.25, -0.2) is 4.79 Å². The fourth-order valence-corrected chi connectivity index (χ4v) is 4.82. The number of aliphatic hydroxyl groups is 1. The van der Waals surface area contributed by atoms with Gasteiger partial charge in [-0.2, -0.15) is 0 Å². The Hall–Kier alpha value is -2.96. The minimum absolute atomic E-state index is 0.229. The Kier molecular flexibility index (Phi) is 5.12. The van der Waals surface area contributed by atoms with Crippen molar-refractivity contribution in [2.24, 2.45) is 0 Å². The number of carbonyl (C=O) groups is 1. The Bertz CT molecular complexity index is 1090. The molecule has 2 unspecified atom stereocenters. The lowest BCUT2D eigenvalue weighted by molar-refractivity contribution is -0.136. The standard InChI is InChI=1S/C25H26N2O4/c1-17-7-8-19-11-20(9-10-23(19)26-17)25(29)12-21-15-30-16-22(13-25)27(21)24(28)31-14-18-5-3-2-4-6-18/h2-11,21-22,29H,12-16H2,1H3. The Balaban J connectivity index is 1.35. The first-order valence-corrected chi connectivity index (χ1v) is 10.7. The first-order valence-electron chi connectivity index (χ1n) is 10.7. The van der Waals surface area contributed by atoms with Gasteiger partial charge in [0.15, 0.2) is 0 Å². The highest BCUT2D eigenvalue weighted by atomic mass is 16.6. The van der Waals surface area contributed by atoms with Crippen molar-refractivity contribution >= 4 is 17.0 Å². The van der Waals surface area contributed by atoms with Crippen LogP contribution in [0, 0.1) is 6.92 Å². The summed E-state index contributed by atoms with van der Waals surface area (Å²) in [6.45, 7) is 2.99. The number of amides is 1. The van der Waals surface area contributed by atoms with Crippen molar-refractivity contribution in [3.63, 3.8) is 0 Å². The number of nitrogens with zero attached hydrogens (tertiary/aromatic N) is 2. The number of piperidine rings is 1. The van der Waals surface area contributed by atoms with Gasteiger partial charge in [0.1, 0.15) is 6.61 Å². The highest BCUT2D eigenvalue weighted by molar-refractivity contribution is 5.79. The molecule has 2 fully saturated rings. The zero-order chi connectivity index (χ0) is 21.4. The van der Waals surface area contributed by atoms with Crippen LogP contribution < -0.4 is 0 Å². The molecule has 1 amide bonds. The molecule has 2 saturated heterocycles. The van der Waals surface area contributed by atoms with E-state index in [0.717, 1.165) is 27.7 Å². The molecule has 0 aliphatic carbocycles. The quantitative estimate of drug-likeness (QED) is 0.698. The number of aromatic nitrogens is 1. The second kappa shape index (κ2) is 7.94. The number of hydrogen-bond donors (Lipinski definition) is 1. The first kappa shape index (κ1) is 20.0. The van der Waals surface area contributed by atoms with Crippen LogP contribution in [0.3, 0.4) is 0 Å². The molecule has 6 heteroatoms. The van der Waals surface area contributed by atoms with Gasteiger partial charge in [-0.05, 0) is 36.2 Å². The van der Waals surface area contributed by atoms with Crippen molar-refractivity contribution in [3.8, 4) is 0 Å². The van der Waals surface area contributed by atoms with Crippen LogP contribution in [0.4, 0.5) is 4.79 Å². The zero-order valence-electron chi connectivity index (χ0n) is 17.5. The van der Waals surface area contributed by atoms with Crippen molar-refractivity contribution in [1.82, 2.24) is 9.88 Å². The van der Waals surface area contributed by atoms with Gasteiger partial charge >= 0.3 is 6.09 Å². The van der Waals surface area contributed by atoms with Crippen molar-refractivity contribution in [2.45, 2.75) is 44.1 Å². The lowest BCUT2D eigenvalue weighted by atomic mass is 9.76. The number of fused-ring (bicyclic) bond motifs is 3. The number of pyridine rings is 1. The Morgan fingerprint density at radius 3 is 2.61 bits per heavy atom. The molecular weight excluding hydrogens is 392 g/mol. The first-order chi connectivity index (χ1) is 15.0. The van der Waals surface area contributed by atoms with Crippen LogP contribution in [0.2, 0.25) is 0 Å². The average Bonchev–Trinajstić information content (AvgIpc) is 2.77. The molecule has 2 aliphatic rings. The van der Waals surface area contributed by atoms with Gasteiger partial charge in [-0.1, -0.05) is 42.5 Å². The summed E-state index contributed by atoms with van der Waals surface area (Å²) in [7, 11) is 0. The average molecular weight is 418 g/mol. The smallest absolute Gasteiger partial charge is 0.410 e. The summed E-state index contributed by atoms with van der Waals surface area (Å²) in [5, 5.41) is 12.6. The third-order valence-corrected chi connectivity index (χ3v) is 6.34. The van der Waals surface area contributed by atoms with E-state index in [2.05, 4.69) is 4.98 Å². The summed E-state index contributed by atoms with van der Waals surface area (Å²) < 4.78 is 11.3. The molecule has 1 aromatic heterocycles. The molecule has 0 spiro atoms. The van der Waals surface area contributed by atoms with E-state index in [4.69, 9.17) is 9.47 Å². The summed E-state index contributed by atoms with van der Waals surface area (Å²) in [6, 6.07) is 19.1. The second-order valence-electron chi connectivity index (χ2n) is 8.59. The van der Waals surface area contributed by atoms with Gasteiger partial charge < -0.3 is 14.6 Å². The Labute approximate surface area is 181 Å². The molecule has 31 heavy (non-hydrogen) atoms. The highest BCUT2D eigenvalue weighted by Gasteiger charge is 2.49. The molecule has 2 aliphatic heterocycles. The molecule has 2 bridgehead atoms. The summed E-state index contributed by atoms with van der Waals surface area (Å²) in [4.78, 5) is 19.2.